The van der Waals surface area contributed by atoms with Gasteiger partial charge in [0.15, 0.2) is 5.01 Å². The van der Waals surface area contributed by atoms with E-state index in [1.165, 1.54) is 11.3 Å². The Morgan fingerprint density at radius 2 is 2.00 bits per heavy atom. The van der Waals surface area contributed by atoms with Crippen LogP contribution in [0, 0.1) is 11.3 Å². The van der Waals surface area contributed by atoms with Crippen LogP contribution in [0.2, 0.25) is 0 Å². The highest BCUT2D eigenvalue weighted by molar-refractivity contribution is 7.19. The Morgan fingerprint density at radius 3 is 2.69 bits per heavy atom. The van der Waals surface area contributed by atoms with Gasteiger partial charge in [0.1, 0.15) is 23.5 Å². The number of likely N-dealkylation sites (tertiary alicyclic amines) is 1. The number of nitrogens with zero attached hydrogens (tertiary/aromatic N) is 3. The first-order valence-corrected chi connectivity index (χ1v) is 10.5. The van der Waals surface area contributed by atoms with Gasteiger partial charge in [-0.05, 0) is 50.4 Å². The lowest BCUT2D eigenvalue weighted by atomic mass is 10.1. The van der Waals surface area contributed by atoms with Crippen molar-refractivity contribution in [3.05, 3.63) is 35.3 Å². The molecule has 0 aliphatic carbocycles. The second-order valence-corrected chi connectivity index (χ2v) is 9.24. The third kappa shape index (κ3) is 4.28. The Morgan fingerprint density at radius 1 is 1.24 bits per heavy atom. The van der Waals surface area contributed by atoms with Crippen LogP contribution in [-0.4, -0.2) is 40.8 Å². The van der Waals surface area contributed by atoms with Crippen LogP contribution < -0.4 is 4.74 Å². The minimum Gasteiger partial charge on any atom is -0.490 e. The molecule has 3 aromatic rings. The zero-order chi connectivity index (χ0) is 20.6. The van der Waals surface area contributed by atoms with E-state index in [0.29, 0.717) is 18.1 Å². The van der Waals surface area contributed by atoms with Crippen LogP contribution in [0.4, 0.5) is 4.79 Å². The average molecular weight is 410 g/mol. The molecule has 7 heteroatoms. The zero-order valence-electron chi connectivity index (χ0n) is 16.8. The summed E-state index contributed by atoms with van der Waals surface area (Å²) in [5, 5.41) is 11.6. The van der Waals surface area contributed by atoms with Gasteiger partial charge in [0.05, 0.1) is 10.2 Å². The van der Waals surface area contributed by atoms with Crippen molar-refractivity contribution in [2.45, 2.75) is 45.3 Å². The van der Waals surface area contributed by atoms with Crippen molar-refractivity contribution in [1.29, 1.82) is 5.26 Å². The molecular weight excluding hydrogens is 386 g/mol. The molecule has 4 rings (SSSR count). The van der Waals surface area contributed by atoms with Gasteiger partial charge in [-0.25, -0.2) is 9.78 Å². The molecule has 0 N–H and O–H groups in total. The third-order valence-electron chi connectivity index (χ3n) is 4.84. The number of amides is 1. The fourth-order valence-corrected chi connectivity index (χ4v) is 4.27. The van der Waals surface area contributed by atoms with Crippen molar-refractivity contribution in [1.82, 2.24) is 9.88 Å². The number of hydrogen-bond donors (Lipinski definition) is 0. The zero-order valence-corrected chi connectivity index (χ0v) is 17.6. The van der Waals surface area contributed by atoms with E-state index in [1.807, 2.05) is 51.1 Å². The maximum Gasteiger partial charge on any atom is 0.410 e. The summed E-state index contributed by atoms with van der Waals surface area (Å²) in [5.74, 6) is 0.809. The van der Waals surface area contributed by atoms with Crippen molar-refractivity contribution in [3.8, 4) is 11.8 Å². The van der Waals surface area contributed by atoms with Crippen molar-refractivity contribution in [2.75, 3.05) is 13.1 Å². The maximum atomic E-state index is 12.2. The minimum absolute atomic E-state index is 0.0688. The number of rotatable bonds is 2. The van der Waals surface area contributed by atoms with Gasteiger partial charge in [0.2, 0.25) is 0 Å². The molecule has 2 heterocycles. The Labute approximate surface area is 173 Å². The van der Waals surface area contributed by atoms with Gasteiger partial charge >= 0.3 is 6.09 Å². The second-order valence-electron chi connectivity index (χ2n) is 8.21. The molecule has 1 aliphatic heterocycles. The summed E-state index contributed by atoms with van der Waals surface area (Å²) >= 11 is 1.40. The topological polar surface area (TPSA) is 75.4 Å². The van der Waals surface area contributed by atoms with E-state index in [-0.39, 0.29) is 12.2 Å². The molecule has 0 unspecified atom stereocenters. The van der Waals surface area contributed by atoms with E-state index in [1.54, 1.807) is 4.90 Å². The minimum atomic E-state index is -0.480. The standard InChI is InChI=1S/C22H23N3O3S/c1-22(2,3)28-21(26)25-10-8-15(9-11-25)27-16-5-6-17-14(12-16)4-7-18-20(17)24-19(13-23)29-18/h4-7,12,15H,8-11H2,1-3H3. The van der Waals surface area contributed by atoms with E-state index in [0.717, 1.165) is 39.6 Å². The second kappa shape index (κ2) is 7.53. The molecule has 0 spiro atoms. The average Bonchev–Trinajstić information content (AvgIpc) is 3.11. The predicted octanol–water partition coefficient (Wildman–Crippen LogP) is 5.10. The fraction of sp³-hybridized carbons (Fsp3) is 0.409. The number of aromatic nitrogens is 1. The Hall–Kier alpha value is -2.85. The van der Waals surface area contributed by atoms with Crippen LogP contribution >= 0.6 is 11.3 Å². The molecule has 29 heavy (non-hydrogen) atoms. The first kappa shape index (κ1) is 19.5. The molecule has 1 aliphatic rings. The third-order valence-corrected chi connectivity index (χ3v) is 5.76. The van der Waals surface area contributed by atoms with E-state index in [4.69, 9.17) is 14.7 Å². The Balaban J connectivity index is 1.43. The lowest BCUT2D eigenvalue weighted by Crippen LogP contribution is -2.44. The van der Waals surface area contributed by atoms with Crippen LogP contribution in [0.15, 0.2) is 30.3 Å². The summed E-state index contributed by atoms with van der Waals surface area (Å²) in [6.45, 7) is 6.88. The molecule has 6 nitrogen and oxygen atoms in total. The summed E-state index contributed by atoms with van der Waals surface area (Å²) in [5.41, 5.74) is 0.382. The number of ether oxygens (including phenoxy) is 2. The molecule has 0 saturated carbocycles. The number of carbonyl (C=O) groups is 1. The summed E-state index contributed by atoms with van der Waals surface area (Å²) in [6.07, 6.45) is 1.35. The molecule has 150 valence electrons. The predicted molar refractivity (Wildman–Crippen MR) is 113 cm³/mol. The lowest BCUT2D eigenvalue weighted by molar-refractivity contribution is 0.0127. The number of hydrogen-bond acceptors (Lipinski definition) is 6. The van der Waals surface area contributed by atoms with E-state index < -0.39 is 5.60 Å². The highest BCUT2D eigenvalue weighted by Crippen LogP contribution is 2.32. The van der Waals surface area contributed by atoms with Gasteiger partial charge in [0, 0.05) is 31.3 Å². The maximum absolute atomic E-state index is 12.2. The largest absolute Gasteiger partial charge is 0.490 e. The molecule has 0 radical (unpaired) electrons. The summed E-state index contributed by atoms with van der Waals surface area (Å²) in [7, 11) is 0. The van der Waals surface area contributed by atoms with Crippen LogP contribution in [0.1, 0.15) is 38.6 Å². The van der Waals surface area contributed by atoms with Gasteiger partial charge in [-0.1, -0.05) is 6.07 Å². The number of fused-ring (bicyclic) bond motifs is 3. The summed E-state index contributed by atoms with van der Waals surface area (Å²) in [6, 6.07) is 12.1. The van der Waals surface area contributed by atoms with Crippen LogP contribution in [0.3, 0.4) is 0 Å². The number of carbonyl (C=O) groups excluding carboxylic acids is 1. The van der Waals surface area contributed by atoms with Crippen LogP contribution in [0.5, 0.6) is 5.75 Å². The van der Waals surface area contributed by atoms with Crippen molar-refractivity contribution >= 4 is 38.4 Å². The molecule has 0 bridgehead atoms. The fourth-order valence-electron chi connectivity index (χ4n) is 3.49. The number of thiazole rings is 1. The first-order valence-electron chi connectivity index (χ1n) is 9.70. The molecule has 1 saturated heterocycles. The molecule has 2 aromatic carbocycles. The van der Waals surface area contributed by atoms with Gasteiger partial charge in [-0.15, -0.1) is 11.3 Å². The highest BCUT2D eigenvalue weighted by atomic mass is 32.1. The van der Waals surface area contributed by atoms with Gasteiger partial charge in [-0.3, -0.25) is 0 Å². The SMILES string of the molecule is CC(C)(C)OC(=O)N1CCC(Oc2ccc3c(ccc4sc(C#N)nc43)c2)CC1. The first-order chi connectivity index (χ1) is 13.8. The summed E-state index contributed by atoms with van der Waals surface area (Å²) < 4.78 is 12.6. The van der Waals surface area contributed by atoms with Gasteiger partial charge < -0.3 is 14.4 Å². The van der Waals surface area contributed by atoms with E-state index >= 15 is 0 Å². The molecular formula is C22H23N3O3S. The monoisotopic (exact) mass is 409 g/mol. The number of piperidine rings is 1. The Kier molecular flexibility index (Phi) is 5.05. The number of nitriles is 1. The van der Waals surface area contributed by atoms with E-state index in [9.17, 15) is 4.79 Å². The van der Waals surface area contributed by atoms with E-state index in [2.05, 4.69) is 11.1 Å². The van der Waals surface area contributed by atoms with Crippen molar-refractivity contribution in [2.24, 2.45) is 0 Å². The smallest absolute Gasteiger partial charge is 0.410 e. The molecule has 1 aromatic heterocycles. The van der Waals surface area contributed by atoms with Gasteiger partial charge in [0.25, 0.3) is 0 Å². The van der Waals surface area contributed by atoms with Crippen LogP contribution in [-0.2, 0) is 4.74 Å². The van der Waals surface area contributed by atoms with Crippen LogP contribution in [0.25, 0.3) is 21.0 Å². The highest BCUT2D eigenvalue weighted by Gasteiger charge is 2.27. The quantitative estimate of drug-likeness (QED) is 0.589. The van der Waals surface area contributed by atoms with Gasteiger partial charge in [-0.2, -0.15) is 5.26 Å². The number of benzene rings is 2. The summed E-state index contributed by atoms with van der Waals surface area (Å²) in [4.78, 5) is 18.4. The normalized spacial score (nSPS) is 15.4. The molecule has 0 atom stereocenters. The molecule has 1 fully saturated rings. The Bertz CT molecular complexity index is 1100. The van der Waals surface area contributed by atoms with Crippen molar-refractivity contribution < 1.29 is 14.3 Å². The van der Waals surface area contributed by atoms with Crippen molar-refractivity contribution in [3.63, 3.8) is 0 Å². The lowest BCUT2D eigenvalue weighted by Gasteiger charge is -2.33. The molecule has 1 amide bonds.